The highest BCUT2D eigenvalue weighted by atomic mass is 32.2. The Morgan fingerprint density at radius 3 is 2.46 bits per heavy atom. The number of benzene rings is 1. The average Bonchev–Trinajstić information content (AvgIpc) is 2.54. The van der Waals surface area contributed by atoms with Crippen LogP contribution in [0, 0.1) is 11.7 Å². The number of esters is 1. The van der Waals surface area contributed by atoms with Crippen LogP contribution < -0.4 is 9.46 Å². The third-order valence-electron chi connectivity index (χ3n) is 3.74. The van der Waals surface area contributed by atoms with Gasteiger partial charge in [-0.2, -0.15) is 0 Å². The molecule has 0 aliphatic heterocycles. The number of nitrogens with one attached hydrogen (secondary N) is 1. The maximum absolute atomic E-state index is 14.6. The van der Waals surface area contributed by atoms with Gasteiger partial charge in [0.1, 0.15) is 11.6 Å². The van der Waals surface area contributed by atoms with Gasteiger partial charge in [0, 0.05) is 5.56 Å². The van der Waals surface area contributed by atoms with Gasteiger partial charge in [-0.1, -0.05) is 13.0 Å². The second kappa shape index (κ2) is 10.0. The average molecular weight is 388 g/mol. The quantitative estimate of drug-likeness (QED) is 0.653. The topological polar surface area (TPSA) is 64.6 Å². The predicted octanol–water partition coefficient (Wildman–Crippen LogP) is 3.91. The second-order valence-corrected chi connectivity index (χ2v) is 9.02. The Kier molecular flexibility index (Phi) is 8.70. The number of ether oxygens (including phenoxy) is 2. The Labute approximate surface area is 158 Å². The van der Waals surface area contributed by atoms with Gasteiger partial charge in [-0.3, -0.25) is 4.79 Å². The molecule has 0 amide bonds. The van der Waals surface area contributed by atoms with E-state index in [0.717, 1.165) is 0 Å². The Morgan fingerprint density at radius 1 is 1.27 bits per heavy atom. The van der Waals surface area contributed by atoms with Crippen LogP contribution in [0.2, 0.25) is 0 Å². The molecule has 1 aromatic carbocycles. The number of carbonyl (C=O) groups is 1. The van der Waals surface area contributed by atoms with Crippen molar-refractivity contribution in [1.82, 2.24) is 4.72 Å². The maximum Gasteiger partial charge on any atom is 0.308 e. The molecule has 148 valence electrons. The van der Waals surface area contributed by atoms with Crippen molar-refractivity contribution in [3.8, 4) is 5.75 Å². The number of rotatable bonds is 9. The molecule has 0 radical (unpaired) electrons. The van der Waals surface area contributed by atoms with Crippen molar-refractivity contribution >= 4 is 17.0 Å². The van der Waals surface area contributed by atoms with Crippen LogP contribution in [0.5, 0.6) is 5.75 Å². The molecule has 3 atom stereocenters. The molecule has 0 heterocycles. The molecule has 0 aromatic heterocycles. The second-order valence-electron chi connectivity index (χ2n) is 7.02. The Bertz CT molecular complexity index is 630. The highest BCUT2D eigenvalue weighted by molar-refractivity contribution is 7.84. The summed E-state index contributed by atoms with van der Waals surface area (Å²) >= 11 is 0. The summed E-state index contributed by atoms with van der Waals surface area (Å²) in [5.74, 6) is -0.934. The third-order valence-corrected chi connectivity index (χ3v) is 5.36. The number of carbonyl (C=O) groups excluding carboxylic acids is 1. The fourth-order valence-corrected chi connectivity index (χ4v) is 3.23. The zero-order valence-electron chi connectivity index (χ0n) is 16.4. The molecule has 5 nitrogen and oxygen atoms in total. The van der Waals surface area contributed by atoms with Gasteiger partial charge in [0.2, 0.25) is 0 Å². The molecular formula is C19H30FNO4S. The first-order chi connectivity index (χ1) is 12.1. The smallest absolute Gasteiger partial charge is 0.308 e. The lowest BCUT2D eigenvalue weighted by Crippen LogP contribution is -2.37. The molecule has 1 rings (SSSR count). The van der Waals surface area contributed by atoms with Crippen molar-refractivity contribution in [3.05, 3.63) is 29.6 Å². The van der Waals surface area contributed by atoms with E-state index >= 15 is 0 Å². The normalized spacial score (nSPS) is 15.2. The summed E-state index contributed by atoms with van der Waals surface area (Å²) in [5, 5.41) is 0. The molecule has 1 N–H and O–H groups in total. The zero-order chi connectivity index (χ0) is 19.9. The van der Waals surface area contributed by atoms with E-state index in [1.807, 2.05) is 27.7 Å². The van der Waals surface area contributed by atoms with Gasteiger partial charge in [-0.25, -0.2) is 13.3 Å². The van der Waals surface area contributed by atoms with Gasteiger partial charge < -0.3 is 9.47 Å². The molecule has 0 fully saturated rings. The van der Waals surface area contributed by atoms with Crippen LogP contribution in [-0.2, 0) is 20.5 Å². The van der Waals surface area contributed by atoms with Crippen molar-refractivity contribution in [3.63, 3.8) is 0 Å². The highest BCUT2D eigenvalue weighted by Gasteiger charge is 2.30. The van der Waals surface area contributed by atoms with Crippen molar-refractivity contribution < 1.29 is 22.9 Å². The van der Waals surface area contributed by atoms with E-state index in [-0.39, 0.29) is 24.6 Å². The van der Waals surface area contributed by atoms with Crippen LogP contribution in [0.3, 0.4) is 0 Å². The summed E-state index contributed by atoms with van der Waals surface area (Å²) in [5.41, 5.74) is 0.281. The zero-order valence-corrected chi connectivity index (χ0v) is 17.2. The van der Waals surface area contributed by atoms with Gasteiger partial charge in [0.05, 0.1) is 40.9 Å². The summed E-state index contributed by atoms with van der Waals surface area (Å²) in [6.07, 6.45) is 0.238. The lowest BCUT2D eigenvalue weighted by Gasteiger charge is -2.27. The molecule has 0 saturated carbocycles. The summed E-state index contributed by atoms with van der Waals surface area (Å²) in [6, 6.07) is 3.92. The largest absolute Gasteiger partial charge is 0.493 e. The first kappa shape index (κ1) is 22.6. The van der Waals surface area contributed by atoms with E-state index in [1.54, 1.807) is 26.0 Å². The predicted molar refractivity (Wildman–Crippen MR) is 102 cm³/mol. The summed E-state index contributed by atoms with van der Waals surface area (Å²) < 4.78 is 40.3. The molecule has 1 aromatic rings. The molecule has 26 heavy (non-hydrogen) atoms. The minimum absolute atomic E-state index is 0.238. The minimum atomic E-state index is -1.45. The summed E-state index contributed by atoms with van der Waals surface area (Å²) in [6.45, 7) is 11.4. The van der Waals surface area contributed by atoms with Gasteiger partial charge in [0.15, 0.2) is 0 Å². The minimum Gasteiger partial charge on any atom is -0.493 e. The van der Waals surface area contributed by atoms with Crippen LogP contribution in [0.4, 0.5) is 4.39 Å². The molecule has 7 heteroatoms. The molecule has 0 aliphatic rings. The van der Waals surface area contributed by atoms with E-state index in [2.05, 4.69) is 4.72 Å². The lowest BCUT2D eigenvalue weighted by atomic mass is 9.95. The first-order valence-electron chi connectivity index (χ1n) is 8.87. The Morgan fingerprint density at radius 2 is 1.92 bits per heavy atom. The van der Waals surface area contributed by atoms with Gasteiger partial charge in [0.25, 0.3) is 0 Å². The van der Waals surface area contributed by atoms with E-state index in [4.69, 9.17) is 9.47 Å². The van der Waals surface area contributed by atoms with E-state index in [9.17, 15) is 13.4 Å². The molecule has 0 aliphatic carbocycles. The Balaban J connectivity index is 3.24. The fourth-order valence-electron chi connectivity index (χ4n) is 2.40. The summed E-state index contributed by atoms with van der Waals surface area (Å²) in [4.78, 5) is 12.0. The molecule has 0 spiro atoms. The fraction of sp³-hybridized carbons (Fsp3) is 0.632. The molecule has 3 unspecified atom stereocenters. The van der Waals surface area contributed by atoms with Crippen molar-refractivity contribution in [2.24, 2.45) is 5.92 Å². The van der Waals surface area contributed by atoms with Gasteiger partial charge in [-0.15, -0.1) is 0 Å². The maximum atomic E-state index is 14.6. The van der Waals surface area contributed by atoms with Crippen LogP contribution in [0.1, 0.15) is 59.6 Å². The van der Waals surface area contributed by atoms with Crippen LogP contribution in [-0.4, -0.2) is 28.1 Å². The van der Waals surface area contributed by atoms with E-state index in [1.165, 1.54) is 6.07 Å². The SMILES string of the molecule is CCOC(=O)C(C)CC(NS(=O)C(C)(C)C)c1c(F)cccc1OCC. The van der Waals surface area contributed by atoms with E-state index in [0.29, 0.717) is 12.4 Å². The van der Waals surface area contributed by atoms with Crippen molar-refractivity contribution in [2.75, 3.05) is 13.2 Å². The first-order valence-corrected chi connectivity index (χ1v) is 10.0. The molecular weight excluding hydrogens is 357 g/mol. The summed E-state index contributed by atoms with van der Waals surface area (Å²) in [7, 11) is -1.45. The van der Waals surface area contributed by atoms with Crippen molar-refractivity contribution in [2.45, 2.75) is 58.8 Å². The standard InChI is InChI=1S/C19H30FNO4S/c1-7-24-16-11-9-10-14(20)17(16)15(21-26(23)19(4,5)6)12-13(3)18(22)25-8-2/h9-11,13,15,21H,7-8,12H2,1-6H3. The monoisotopic (exact) mass is 387 g/mol. The lowest BCUT2D eigenvalue weighted by molar-refractivity contribution is -0.147. The molecule has 0 saturated heterocycles. The van der Waals surface area contributed by atoms with E-state index < -0.39 is 33.5 Å². The third kappa shape index (κ3) is 6.36. The Hall–Kier alpha value is -1.47. The van der Waals surface area contributed by atoms with Crippen LogP contribution in [0.25, 0.3) is 0 Å². The number of hydrogen-bond acceptors (Lipinski definition) is 4. The van der Waals surface area contributed by atoms with Gasteiger partial charge >= 0.3 is 5.97 Å². The van der Waals surface area contributed by atoms with Crippen LogP contribution >= 0.6 is 0 Å². The number of hydrogen-bond donors (Lipinski definition) is 1. The van der Waals surface area contributed by atoms with Crippen LogP contribution in [0.15, 0.2) is 18.2 Å². The molecule has 0 bridgehead atoms. The van der Waals surface area contributed by atoms with Gasteiger partial charge in [-0.05, 0) is 53.2 Å². The number of halogens is 1. The van der Waals surface area contributed by atoms with Crippen molar-refractivity contribution in [1.29, 1.82) is 0 Å². The highest BCUT2D eigenvalue weighted by Crippen LogP contribution is 2.33.